The molecule has 0 saturated carbocycles. The molecule has 0 aliphatic carbocycles. The Morgan fingerprint density at radius 1 is 1.21 bits per heavy atom. The van der Waals surface area contributed by atoms with Crippen LogP contribution in [-0.2, 0) is 20.5 Å². The Morgan fingerprint density at radius 3 is 2.64 bits per heavy atom. The predicted molar refractivity (Wildman–Crippen MR) is 157 cm³/mol. The van der Waals surface area contributed by atoms with Crippen LogP contribution in [0.15, 0.2) is 35.5 Å². The van der Waals surface area contributed by atoms with Crippen molar-refractivity contribution in [2.24, 2.45) is 5.16 Å². The summed E-state index contributed by atoms with van der Waals surface area (Å²) in [5.41, 5.74) is 3.18. The molecular weight excluding hydrogens is 711 g/mol. The standard InChI is InChI=1S/C20H23I2N2O6P3/c1-11-3-5-14(16(7-11)33-2)24-18-13(4-6-15(31)19(18)32)20(26)27-9-12(29-21)10-28-23-8-17(25)30-22/h3-8,12,24,33H,9-10,31-32H2,1-2H3/b23-8+. The first-order chi connectivity index (χ1) is 15.8. The molecule has 0 amide bonds. The zero-order valence-electron chi connectivity index (χ0n) is 17.8. The van der Waals surface area contributed by atoms with E-state index in [1.165, 1.54) is 33.9 Å². The van der Waals surface area contributed by atoms with E-state index in [9.17, 15) is 9.59 Å². The minimum atomic E-state index is -0.653. The summed E-state index contributed by atoms with van der Waals surface area (Å²) in [6.07, 6.45) is 0.307. The number of nitrogens with zero attached hydrogens (tertiary/aromatic N) is 1. The first-order valence-electron chi connectivity index (χ1n) is 9.46. The number of hydrogen-bond acceptors (Lipinski definition) is 8. The minimum absolute atomic E-state index is 0.0179. The van der Waals surface area contributed by atoms with Crippen molar-refractivity contribution in [3.63, 3.8) is 0 Å². The second kappa shape index (κ2) is 14.7. The second-order valence-corrected chi connectivity index (χ2v) is 9.84. The molecule has 4 atom stereocenters. The molecule has 178 valence electrons. The smallest absolute Gasteiger partial charge is 0.362 e. The Balaban J connectivity index is 2.14. The van der Waals surface area contributed by atoms with E-state index < -0.39 is 18.0 Å². The molecule has 0 aromatic heterocycles. The summed E-state index contributed by atoms with van der Waals surface area (Å²) in [7, 11) is 5.93. The van der Waals surface area contributed by atoms with E-state index in [2.05, 4.69) is 51.7 Å². The molecule has 2 aromatic carbocycles. The summed E-state index contributed by atoms with van der Waals surface area (Å²) >= 11 is 3.13. The number of anilines is 2. The summed E-state index contributed by atoms with van der Waals surface area (Å²) in [6, 6.07) is 9.74. The van der Waals surface area contributed by atoms with Gasteiger partial charge in [-0.1, -0.05) is 31.4 Å². The molecule has 0 aliphatic rings. The van der Waals surface area contributed by atoms with Crippen LogP contribution in [0.2, 0.25) is 0 Å². The molecule has 0 heterocycles. The molecule has 4 unspecified atom stereocenters. The molecule has 13 heteroatoms. The van der Waals surface area contributed by atoms with E-state index >= 15 is 0 Å². The van der Waals surface area contributed by atoms with E-state index in [4.69, 9.17) is 12.6 Å². The molecule has 2 rings (SSSR count). The fourth-order valence-corrected chi connectivity index (χ4v) is 4.38. The van der Waals surface area contributed by atoms with Gasteiger partial charge in [0.1, 0.15) is 42.3 Å². The zero-order chi connectivity index (χ0) is 24.4. The van der Waals surface area contributed by atoms with Gasteiger partial charge in [-0.15, -0.1) is 18.5 Å². The highest BCUT2D eigenvalue weighted by molar-refractivity contribution is 14.1. The van der Waals surface area contributed by atoms with Crippen LogP contribution < -0.4 is 21.2 Å². The average molecular weight is 734 g/mol. The Morgan fingerprint density at radius 2 is 1.97 bits per heavy atom. The number of oxime groups is 1. The van der Waals surface area contributed by atoms with Crippen LogP contribution in [0.4, 0.5) is 11.4 Å². The Kier molecular flexibility index (Phi) is 12.7. The number of nitrogens with one attached hydrogen (secondary N) is 1. The fourth-order valence-electron chi connectivity index (χ4n) is 2.62. The number of carbonyl (C=O) groups is 2. The van der Waals surface area contributed by atoms with Gasteiger partial charge in [-0.25, -0.2) is 9.59 Å². The Bertz CT molecular complexity index is 1030. The lowest BCUT2D eigenvalue weighted by atomic mass is 10.1. The zero-order valence-corrected chi connectivity index (χ0v) is 25.4. The van der Waals surface area contributed by atoms with Crippen molar-refractivity contribution >= 4 is 119 Å². The Hall–Kier alpha value is -0.640. The van der Waals surface area contributed by atoms with Gasteiger partial charge < -0.3 is 21.0 Å². The van der Waals surface area contributed by atoms with Gasteiger partial charge in [0.05, 0.1) is 11.3 Å². The molecular formula is C20H23I2N2O6P3. The van der Waals surface area contributed by atoms with Crippen LogP contribution in [0, 0.1) is 6.92 Å². The molecule has 0 radical (unpaired) electrons. The predicted octanol–water partition coefficient (Wildman–Crippen LogP) is 3.46. The van der Waals surface area contributed by atoms with Crippen molar-refractivity contribution in [3.8, 4) is 0 Å². The Labute approximate surface area is 227 Å². The molecule has 33 heavy (non-hydrogen) atoms. The third-order valence-electron chi connectivity index (χ3n) is 4.30. The fraction of sp³-hybridized carbons (Fsp3) is 0.250. The highest BCUT2D eigenvalue weighted by atomic mass is 127. The van der Waals surface area contributed by atoms with Gasteiger partial charge in [0.2, 0.25) is 0 Å². The topological polar surface area (TPSA) is 95.5 Å². The summed E-state index contributed by atoms with van der Waals surface area (Å²) < 4.78 is 15.1. The van der Waals surface area contributed by atoms with Crippen molar-refractivity contribution in [2.45, 2.75) is 13.0 Å². The van der Waals surface area contributed by atoms with Crippen LogP contribution in [0.1, 0.15) is 15.9 Å². The summed E-state index contributed by atoms with van der Waals surface area (Å²) in [4.78, 5) is 28.9. The van der Waals surface area contributed by atoms with Crippen LogP contribution in [0.3, 0.4) is 0 Å². The van der Waals surface area contributed by atoms with Crippen molar-refractivity contribution in [1.29, 1.82) is 0 Å². The van der Waals surface area contributed by atoms with Crippen molar-refractivity contribution in [3.05, 3.63) is 41.5 Å². The number of esters is 1. The first kappa shape index (κ1) is 28.6. The first-order valence-corrected chi connectivity index (χ1v) is 13.9. The van der Waals surface area contributed by atoms with Gasteiger partial charge in [-0.2, -0.15) is 0 Å². The third kappa shape index (κ3) is 8.82. The number of hydrogen-bond donors (Lipinski definition) is 1. The van der Waals surface area contributed by atoms with Crippen LogP contribution in [0.5, 0.6) is 0 Å². The quantitative estimate of drug-likeness (QED) is 0.124. The summed E-state index contributed by atoms with van der Waals surface area (Å²) in [5.74, 6) is -1.16. The average Bonchev–Trinajstić information content (AvgIpc) is 2.82. The molecule has 0 bridgehead atoms. The summed E-state index contributed by atoms with van der Waals surface area (Å²) in [6.45, 7) is 4.09. The summed E-state index contributed by atoms with van der Waals surface area (Å²) in [5, 5.41) is 9.86. The van der Waals surface area contributed by atoms with Crippen molar-refractivity contribution in [2.75, 3.05) is 25.2 Å². The molecule has 0 fully saturated rings. The molecule has 8 nitrogen and oxygen atoms in total. The number of aryl methyl sites for hydroxylation is 1. The van der Waals surface area contributed by atoms with Gasteiger partial charge in [0, 0.05) is 11.0 Å². The highest BCUT2D eigenvalue weighted by Gasteiger charge is 2.20. The van der Waals surface area contributed by atoms with E-state index in [1.54, 1.807) is 29.1 Å². The van der Waals surface area contributed by atoms with E-state index in [0.29, 0.717) is 19.8 Å². The maximum Gasteiger partial charge on any atom is 0.362 e. The minimum Gasteiger partial charge on any atom is -0.459 e. The van der Waals surface area contributed by atoms with Gasteiger partial charge >= 0.3 is 11.9 Å². The van der Waals surface area contributed by atoms with Gasteiger partial charge in [0.25, 0.3) is 0 Å². The molecule has 2 aromatic rings. The normalized spacial score (nSPS) is 12.2. The van der Waals surface area contributed by atoms with Crippen LogP contribution in [0.25, 0.3) is 0 Å². The molecule has 0 aliphatic heterocycles. The highest BCUT2D eigenvalue weighted by Crippen LogP contribution is 2.24. The number of benzene rings is 2. The molecule has 0 spiro atoms. The molecule has 1 N–H and O–H groups in total. The largest absolute Gasteiger partial charge is 0.459 e. The van der Waals surface area contributed by atoms with E-state index in [1.807, 2.05) is 18.2 Å². The van der Waals surface area contributed by atoms with E-state index in [0.717, 1.165) is 22.5 Å². The number of halogens is 2. The lowest BCUT2D eigenvalue weighted by molar-refractivity contribution is -0.123. The SMILES string of the molecule is CPc1cc(C)ccc1Nc1c(C(=O)OCC(CO/N=C/C(=O)OI)OI)ccc(P)c1P. The maximum atomic E-state index is 12.9. The lowest BCUT2D eigenvalue weighted by Crippen LogP contribution is -2.26. The number of ether oxygens (including phenoxy) is 1. The van der Waals surface area contributed by atoms with Crippen LogP contribution in [-0.4, -0.2) is 44.1 Å². The van der Waals surface area contributed by atoms with Gasteiger partial charge in [-0.3, -0.25) is 0 Å². The second-order valence-electron chi connectivity index (χ2n) is 6.65. The molecule has 0 saturated heterocycles. The van der Waals surface area contributed by atoms with Crippen molar-refractivity contribution < 1.29 is 25.3 Å². The monoisotopic (exact) mass is 734 g/mol. The third-order valence-corrected chi connectivity index (χ3v) is 7.86. The van der Waals surface area contributed by atoms with Crippen LogP contribution >= 0.6 is 73.1 Å². The maximum absolute atomic E-state index is 12.9. The van der Waals surface area contributed by atoms with E-state index in [-0.39, 0.29) is 13.2 Å². The van der Waals surface area contributed by atoms with Gasteiger partial charge in [-0.05, 0) is 42.4 Å². The number of rotatable bonds is 11. The van der Waals surface area contributed by atoms with Gasteiger partial charge in [0.15, 0.2) is 29.2 Å². The lowest BCUT2D eigenvalue weighted by Gasteiger charge is -2.19. The number of carbonyl (C=O) groups excluding carboxylic acids is 2. The van der Waals surface area contributed by atoms with Crippen molar-refractivity contribution in [1.82, 2.24) is 0 Å².